The maximum Gasteiger partial charge on any atom is 0.253 e. The maximum atomic E-state index is 12.4. The molecular weight excluding hydrogens is 414 g/mol. The predicted octanol–water partition coefficient (Wildman–Crippen LogP) is 7.89. The number of aryl methyl sites for hydroxylation is 1. The van der Waals surface area contributed by atoms with E-state index in [9.17, 15) is 4.79 Å². The van der Waals surface area contributed by atoms with E-state index < -0.39 is 0 Å². The fourth-order valence-corrected chi connectivity index (χ4v) is 5.77. The van der Waals surface area contributed by atoms with E-state index in [0.717, 1.165) is 18.4 Å². The highest BCUT2D eigenvalue weighted by atomic mass is 32.1. The largest absolute Gasteiger partial charge is 0.368 e. The number of allylic oxidation sites excluding steroid dienone is 2. The van der Waals surface area contributed by atoms with Gasteiger partial charge in [0.15, 0.2) is 0 Å². The van der Waals surface area contributed by atoms with Crippen LogP contribution in [-0.4, -0.2) is 30.5 Å². The summed E-state index contributed by atoms with van der Waals surface area (Å²) in [7, 11) is 3.58. The van der Waals surface area contributed by atoms with Gasteiger partial charge in [-0.1, -0.05) is 32.1 Å². The maximum absolute atomic E-state index is 12.4. The van der Waals surface area contributed by atoms with Gasteiger partial charge < -0.3 is 9.64 Å². The molecule has 1 aromatic heterocycles. The normalized spacial score (nSPS) is 17.1. The Morgan fingerprint density at radius 3 is 2.28 bits per heavy atom. The molecule has 0 saturated heterocycles. The van der Waals surface area contributed by atoms with Gasteiger partial charge >= 0.3 is 0 Å². The summed E-state index contributed by atoms with van der Waals surface area (Å²) in [5.41, 5.74) is 6.15. The molecule has 174 valence electrons. The molecule has 32 heavy (non-hydrogen) atoms. The van der Waals surface area contributed by atoms with E-state index in [1.165, 1.54) is 38.4 Å². The topological polar surface area (TPSA) is 29.5 Å². The van der Waals surface area contributed by atoms with E-state index in [1.807, 2.05) is 23.5 Å². The lowest BCUT2D eigenvalue weighted by atomic mass is 9.76. The fourth-order valence-electron chi connectivity index (χ4n) is 4.48. The highest BCUT2D eigenvalue weighted by Crippen LogP contribution is 2.48. The first-order valence-electron chi connectivity index (χ1n) is 11.6. The minimum absolute atomic E-state index is 0.0143. The molecule has 1 aliphatic rings. The van der Waals surface area contributed by atoms with Crippen LogP contribution in [0.4, 0.5) is 0 Å². The number of amides is 1. The lowest BCUT2D eigenvalue weighted by molar-refractivity contribution is -0.0531. The van der Waals surface area contributed by atoms with Crippen LogP contribution in [0.25, 0.3) is 16.0 Å². The second-order valence-electron chi connectivity index (χ2n) is 11.0. The number of rotatable bonds is 5. The van der Waals surface area contributed by atoms with Crippen LogP contribution in [0.1, 0.15) is 93.3 Å². The highest BCUT2D eigenvalue weighted by Gasteiger charge is 2.30. The van der Waals surface area contributed by atoms with Crippen molar-refractivity contribution in [3.8, 4) is 10.4 Å². The Morgan fingerprint density at radius 2 is 1.78 bits per heavy atom. The Hall–Kier alpha value is -1.91. The summed E-state index contributed by atoms with van der Waals surface area (Å²) >= 11 is 1.85. The SMILES string of the molecule is Cc1sc(-c2ccc(C(=O)N(C)C)cc2)c(C2=CCC(C)(C)CC2)c1C(C)OC(C)(C)C. The molecule has 0 fully saturated rings. The summed E-state index contributed by atoms with van der Waals surface area (Å²) in [4.78, 5) is 16.6. The molecule has 0 saturated carbocycles. The summed E-state index contributed by atoms with van der Waals surface area (Å²) in [6, 6.07) is 8.09. The molecule has 0 bridgehead atoms. The van der Waals surface area contributed by atoms with Gasteiger partial charge in [-0.3, -0.25) is 4.79 Å². The van der Waals surface area contributed by atoms with Crippen molar-refractivity contribution in [2.24, 2.45) is 5.41 Å². The van der Waals surface area contributed by atoms with Crippen molar-refractivity contribution >= 4 is 22.8 Å². The molecule has 0 radical (unpaired) electrons. The molecule has 0 N–H and O–H groups in total. The summed E-state index contributed by atoms with van der Waals surface area (Å²) in [6.07, 6.45) is 5.84. The number of nitrogens with zero attached hydrogens (tertiary/aromatic N) is 1. The van der Waals surface area contributed by atoms with Crippen molar-refractivity contribution in [3.05, 3.63) is 51.9 Å². The molecule has 1 atom stereocenters. The fraction of sp³-hybridized carbons (Fsp3) is 0.536. The molecule has 4 heteroatoms. The van der Waals surface area contributed by atoms with Crippen LogP contribution in [0.5, 0.6) is 0 Å². The van der Waals surface area contributed by atoms with E-state index >= 15 is 0 Å². The van der Waals surface area contributed by atoms with E-state index in [-0.39, 0.29) is 17.6 Å². The van der Waals surface area contributed by atoms with Crippen LogP contribution < -0.4 is 0 Å². The van der Waals surface area contributed by atoms with Crippen molar-refractivity contribution in [2.45, 2.75) is 79.4 Å². The lowest BCUT2D eigenvalue weighted by Crippen LogP contribution is -2.22. The third kappa shape index (κ3) is 5.52. The predicted molar refractivity (Wildman–Crippen MR) is 137 cm³/mol. The molecule has 0 aliphatic heterocycles. The van der Waals surface area contributed by atoms with Gasteiger partial charge in [-0.15, -0.1) is 11.3 Å². The zero-order chi connectivity index (χ0) is 23.8. The van der Waals surface area contributed by atoms with Crippen molar-refractivity contribution in [2.75, 3.05) is 14.1 Å². The molecule has 1 aliphatic carbocycles. The van der Waals surface area contributed by atoms with Gasteiger partial charge in [0.25, 0.3) is 5.91 Å². The molecule has 2 aromatic rings. The van der Waals surface area contributed by atoms with Gasteiger partial charge in [0, 0.05) is 40.5 Å². The molecule has 1 amide bonds. The second-order valence-corrected chi connectivity index (χ2v) is 12.2. The lowest BCUT2D eigenvalue weighted by Gasteiger charge is -2.31. The first-order chi connectivity index (χ1) is 14.8. The van der Waals surface area contributed by atoms with Gasteiger partial charge in [-0.25, -0.2) is 0 Å². The third-order valence-corrected chi connectivity index (χ3v) is 7.33. The van der Waals surface area contributed by atoms with Gasteiger partial charge in [-0.2, -0.15) is 0 Å². The first kappa shape index (κ1) is 24.7. The van der Waals surface area contributed by atoms with Gasteiger partial charge in [-0.05, 0) is 82.6 Å². The quantitative estimate of drug-likeness (QED) is 0.460. The van der Waals surface area contributed by atoms with Gasteiger partial charge in [0.05, 0.1) is 11.7 Å². The number of benzene rings is 1. The highest BCUT2D eigenvalue weighted by molar-refractivity contribution is 7.16. The van der Waals surface area contributed by atoms with Crippen LogP contribution >= 0.6 is 11.3 Å². The summed E-state index contributed by atoms with van der Waals surface area (Å²) in [5, 5.41) is 0. The average Bonchev–Trinajstić information content (AvgIpc) is 3.03. The summed E-state index contributed by atoms with van der Waals surface area (Å²) < 4.78 is 6.43. The number of ether oxygens (including phenoxy) is 1. The third-order valence-electron chi connectivity index (χ3n) is 6.16. The van der Waals surface area contributed by atoms with Crippen LogP contribution in [0.15, 0.2) is 30.3 Å². The first-order valence-corrected chi connectivity index (χ1v) is 12.4. The van der Waals surface area contributed by atoms with Crippen LogP contribution in [0.3, 0.4) is 0 Å². The number of hydrogen-bond donors (Lipinski definition) is 0. The van der Waals surface area contributed by atoms with Crippen LogP contribution in [0.2, 0.25) is 0 Å². The smallest absolute Gasteiger partial charge is 0.253 e. The number of thiophene rings is 1. The Labute approximate surface area is 198 Å². The molecule has 1 aromatic carbocycles. The van der Waals surface area contributed by atoms with Crippen molar-refractivity contribution in [3.63, 3.8) is 0 Å². The summed E-state index contributed by atoms with van der Waals surface area (Å²) in [6.45, 7) is 15.5. The number of carbonyl (C=O) groups excluding carboxylic acids is 1. The molecule has 0 spiro atoms. The molecular formula is C28H39NO2S. The van der Waals surface area contributed by atoms with Crippen LogP contribution in [-0.2, 0) is 4.74 Å². The number of hydrogen-bond acceptors (Lipinski definition) is 3. The Bertz CT molecular complexity index is 1000. The number of carbonyl (C=O) groups is 1. The molecule has 3 nitrogen and oxygen atoms in total. The monoisotopic (exact) mass is 453 g/mol. The van der Waals surface area contributed by atoms with Crippen molar-refractivity contribution in [1.29, 1.82) is 0 Å². The van der Waals surface area contributed by atoms with E-state index in [2.05, 4.69) is 66.7 Å². The van der Waals surface area contributed by atoms with E-state index in [4.69, 9.17) is 4.74 Å². The minimum Gasteiger partial charge on any atom is -0.368 e. The minimum atomic E-state index is -0.206. The molecule has 1 heterocycles. The average molecular weight is 454 g/mol. The Kier molecular flexibility index (Phi) is 7.07. The Balaban J connectivity index is 2.11. The van der Waals surface area contributed by atoms with E-state index in [1.54, 1.807) is 19.0 Å². The van der Waals surface area contributed by atoms with Gasteiger partial charge in [0.1, 0.15) is 0 Å². The zero-order valence-electron chi connectivity index (χ0n) is 21.3. The molecule has 1 unspecified atom stereocenters. The van der Waals surface area contributed by atoms with Gasteiger partial charge in [0.2, 0.25) is 0 Å². The van der Waals surface area contributed by atoms with E-state index in [0.29, 0.717) is 5.41 Å². The standard InChI is InChI=1S/C28H39NO2S/c1-18(31-27(3,4)5)23-19(2)32-25(24(23)20-14-16-28(6,7)17-15-20)21-10-12-22(13-11-21)26(30)29(8)9/h10-14,18H,15-17H2,1-9H3. The van der Waals surface area contributed by atoms with Crippen molar-refractivity contribution < 1.29 is 9.53 Å². The zero-order valence-corrected chi connectivity index (χ0v) is 22.1. The van der Waals surface area contributed by atoms with Crippen LogP contribution in [0, 0.1) is 12.3 Å². The second kappa shape index (κ2) is 9.15. The molecule has 3 rings (SSSR count). The van der Waals surface area contributed by atoms with Crippen molar-refractivity contribution in [1.82, 2.24) is 4.90 Å². The Morgan fingerprint density at radius 1 is 1.16 bits per heavy atom. The summed E-state index contributed by atoms with van der Waals surface area (Å²) in [5.74, 6) is 0.0317.